The predicted molar refractivity (Wildman–Crippen MR) is 83.1 cm³/mol. The van der Waals surface area contributed by atoms with Crippen molar-refractivity contribution in [3.05, 3.63) is 58.1 Å². The highest BCUT2D eigenvalue weighted by Crippen LogP contribution is 2.26. The third kappa shape index (κ3) is 3.71. The molecule has 0 N–H and O–H groups in total. The zero-order valence-corrected chi connectivity index (χ0v) is 13.9. The van der Waals surface area contributed by atoms with Gasteiger partial charge in [0.15, 0.2) is 11.5 Å². The van der Waals surface area contributed by atoms with Gasteiger partial charge in [-0.15, -0.1) is 0 Å². The summed E-state index contributed by atoms with van der Waals surface area (Å²) in [5, 5.41) is 0. The van der Waals surface area contributed by atoms with Crippen LogP contribution >= 0.6 is 15.9 Å². The molecule has 0 atom stereocenters. The van der Waals surface area contributed by atoms with Gasteiger partial charge in [0, 0.05) is 4.47 Å². The second-order valence-electron chi connectivity index (χ2n) is 4.55. The third-order valence-corrected chi connectivity index (χ3v) is 4.52. The average molecular weight is 369 g/mol. The Morgan fingerprint density at radius 1 is 1.14 bits per heavy atom. The SMILES string of the molecule is CC(=O)c1ccc(C)cc1OS(=O)(=O)c1cccc(Br)c1. The van der Waals surface area contributed by atoms with Crippen LogP contribution in [-0.2, 0) is 10.1 Å². The van der Waals surface area contributed by atoms with Crippen molar-refractivity contribution in [1.82, 2.24) is 0 Å². The minimum Gasteiger partial charge on any atom is -0.378 e. The van der Waals surface area contributed by atoms with E-state index in [2.05, 4.69) is 15.9 Å². The fourth-order valence-electron chi connectivity index (χ4n) is 1.78. The second kappa shape index (κ2) is 5.99. The summed E-state index contributed by atoms with van der Waals surface area (Å²) in [5.41, 5.74) is 1.04. The molecule has 4 nitrogen and oxygen atoms in total. The van der Waals surface area contributed by atoms with E-state index in [1.807, 2.05) is 0 Å². The topological polar surface area (TPSA) is 60.4 Å². The van der Waals surface area contributed by atoms with Crippen molar-refractivity contribution in [3.63, 3.8) is 0 Å². The van der Waals surface area contributed by atoms with Crippen LogP contribution < -0.4 is 4.18 Å². The molecule has 0 saturated heterocycles. The number of carbonyl (C=O) groups is 1. The highest BCUT2D eigenvalue weighted by molar-refractivity contribution is 9.10. The van der Waals surface area contributed by atoms with Crippen molar-refractivity contribution in [2.45, 2.75) is 18.7 Å². The monoisotopic (exact) mass is 368 g/mol. The van der Waals surface area contributed by atoms with Crippen molar-refractivity contribution in [3.8, 4) is 5.75 Å². The van der Waals surface area contributed by atoms with Crippen molar-refractivity contribution in [2.24, 2.45) is 0 Å². The van der Waals surface area contributed by atoms with Crippen LogP contribution in [0, 0.1) is 6.92 Å². The maximum atomic E-state index is 12.3. The summed E-state index contributed by atoms with van der Waals surface area (Å²) >= 11 is 3.22. The number of halogens is 1. The number of Topliss-reactive ketones (excluding diaryl/α,β-unsaturated/α-hetero) is 1. The molecule has 0 aliphatic carbocycles. The lowest BCUT2D eigenvalue weighted by molar-refractivity contribution is 0.101. The molecule has 0 spiro atoms. The first-order valence-electron chi connectivity index (χ1n) is 6.11. The van der Waals surface area contributed by atoms with Gasteiger partial charge in [-0.3, -0.25) is 4.79 Å². The minimum atomic E-state index is -3.99. The molecular formula is C15H13BrO4S. The zero-order valence-electron chi connectivity index (χ0n) is 11.5. The standard InChI is InChI=1S/C15H13BrO4S/c1-10-6-7-14(11(2)17)15(8-10)20-21(18,19)13-5-3-4-12(16)9-13/h3-9H,1-2H3. The van der Waals surface area contributed by atoms with Crippen LogP contribution in [0.15, 0.2) is 51.8 Å². The molecule has 0 radical (unpaired) electrons. The second-order valence-corrected chi connectivity index (χ2v) is 7.01. The van der Waals surface area contributed by atoms with Gasteiger partial charge in [-0.05, 0) is 49.7 Å². The Hall–Kier alpha value is -1.66. The van der Waals surface area contributed by atoms with E-state index in [-0.39, 0.29) is 22.0 Å². The quantitative estimate of drug-likeness (QED) is 0.609. The van der Waals surface area contributed by atoms with Crippen LogP contribution in [0.5, 0.6) is 5.75 Å². The lowest BCUT2D eigenvalue weighted by Crippen LogP contribution is -2.12. The minimum absolute atomic E-state index is 0.0212. The van der Waals surface area contributed by atoms with Gasteiger partial charge in [-0.25, -0.2) is 0 Å². The van der Waals surface area contributed by atoms with Gasteiger partial charge in [0.25, 0.3) is 0 Å². The molecule has 0 aromatic heterocycles. The van der Waals surface area contributed by atoms with E-state index in [4.69, 9.17) is 4.18 Å². The van der Waals surface area contributed by atoms with Gasteiger partial charge in [0.2, 0.25) is 0 Å². The first-order valence-corrected chi connectivity index (χ1v) is 8.31. The Balaban J connectivity index is 2.46. The molecular weight excluding hydrogens is 356 g/mol. The number of hydrogen-bond acceptors (Lipinski definition) is 4. The highest BCUT2D eigenvalue weighted by Gasteiger charge is 2.20. The first kappa shape index (κ1) is 15.7. The number of benzene rings is 2. The van der Waals surface area contributed by atoms with Crippen molar-refractivity contribution < 1.29 is 17.4 Å². The molecule has 0 unspecified atom stereocenters. The molecule has 2 aromatic carbocycles. The number of ketones is 1. The smallest absolute Gasteiger partial charge is 0.339 e. The Morgan fingerprint density at radius 3 is 2.48 bits per heavy atom. The number of rotatable bonds is 4. The van der Waals surface area contributed by atoms with Crippen LogP contribution in [0.4, 0.5) is 0 Å². The van der Waals surface area contributed by atoms with Gasteiger partial charge < -0.3 is 4.18 Å². The molecule has 0 aliphatic rings. The van der Waals surface area contributed by atoms with E-state index in [9.17, 15) is 13.2 Å². The predicted octanol–water partition coefficient (Wildman–Crippen LogP) is 3.73. The van der Waals surface area contributed by atoms with Gasteiger partial charge >= 0.3 is 10.1 Å². The van der Waals surface area contributed by atoms with Crippen molar-refractivity contribution in [1.29, 1.82) is 0 Å². The molecule has 0 heterocycles. The maximum absolute atomic E-state index is 12.3. The Bertz CT molecular complexity index is 797. The third-order valence-electron chi connectivity index (χ3n) is 2.80. The highest BCUT2D eigenvalue weighted by atomic mass is 79.9. The van der Waals surface area contributed by atoms with Crippen LogP contribution in [0.1, 0.15) is 22.8 Å². The van der Waals surface area contributed by atoms with Crippen LogP contribution in [0.3, 0.4) is 0 Å². The molecule has 0 fully saturated rings. The van der Waals surface area contributed by atoms with Gasteiger partial charge in [-0.1, -0.05) is 28.1 Å². The number of carbonyl (C=O) groups excluding carboxylic acids is 1. The summed E-state index contributed by atoms with van der Waals surface area (Å²) in [5.74, 6) is -0.211. The normalized spacial score (nSPS) is 11.2. The van der Waals surface area contributed by atoms with E-state index >= 15 is 0 Å². The molecule has 0 aliphatic heterocycles. The molecule has 0 saturated carbocycles. The van der Waals surface area contributed by atoms with Crippen molar-refractivity contribution >= 4 is 31.8 Å². The zero-order chi connectivity index (χ0) is 15.6. The maximum Gasteiger partial charge on any atom is 0.339 e. The van der Waals surface area contributed by atoms with Crippen molar-refractivity contribution in [2.75, 3.05) is 0 Å². The van der Waals surface area contributed by atoms with E-state index in [1.54, 1.807) is 31.2 Å². The molecule has 0 bridgehead atoms. The molecule has 6 heteroatoms. The molecule has 2 rings (SSSR count). The first-order chi connectivity index (χ1) is 9.79. The van der Waals surface area contributed by atoms with Crippen LogP contribution in [-0.4, -0.2) is 14.2 Å². The molecule has 0 amide bonds. The lowest BCUT2D eigenvalue weighted by Gasteiger charge is -2.11. The van der Waals surface area contributed by atoms with Gasteiger partial charge in [0.05, 0.1) is 5.56 Å². The van der Waals surface area contributed by atoms with E-state index < -0.39 is 10.1 Å². The van der Waals surface area contributed by atoms with E-state index in [0.29, 0.717) is 4.47 Å². The summed E-state index contributed by atoms with van der Waals surface area (Å²) in [6, 6.07) is 11.0. The lowest BCUT2D eigenvalue weighted by atomic mass is 10.1. The van der Waals surface area contributed by atoms with E-state index in [0.717, 1.165) is 5.56 Å². The van der Waals surface area contributed by atoms with E-state index in [1.165, 1.54) is 25.1 Å². The Kier molecular flexibility index (Phi) is 4.49. The summed E-state index contributed by atoms with van der Waals surface area (Å²) in [6.07, 6.45) is 0. The summed E-state index contributed by atoms with van der Waals surface area (Å²) in [4.78, 5) is 11.6. The van der Waals surface area contributed by atoms with Crippen LogP contribution in [0.2, 0.25) is 0 Å². The average Bonchev–Trinajstić information content (AvgIpc) is 2.38. The van der Waals surface area contributed by atoms with Crippen LogP contribution in [0.25, 0.3) is 0 Å². The summed E-state index contributed by atoms with van der Waals surface area (Å²) in [6.45, 7) is 3.16. The fraction of sp³-hybridized carbons (Fsp3) is 0.133. The Labute approximate surface area is 132 Å². The Morgan fingerprint density at radius 2 is 1.86 bits per heavy atom. The number of hydrogen-bond donors (Lipinski definition) is 0. The summed E-state index contributed by atoms with van der Waals surface area (Å²) in [7, 11) is -3.99. The molecule has 2 aromatic rings. The van der Waals surface area contributed by atoms with Gasteiger partial charge in [-0.2, -0.15) is 8.42 Å². The fourth-order valence-corrected chi connectivity index (χ4v) is 3.32. The molecule has 21 heavy (non-hydrogen) atoms. The largest absolute Gasteiger partial charge is 0.378 e. The number of aryl methyl sites for hydroxylation is 1. The molecule has 110 valence electrons. The van der Waals surface area contributed by atoms with Gasteiger partial charge in [0.1, 0.15) is 4.90 Å². The summed E-state index contributed by atoms with van der Waals surface area (Å²) < 4.78 is 30.3.